The van der Waals surface area contributed by atoms with Crippen molar-refractivity contribution in [2.45, 2.75) is 51.1 Å². The van der Waals surface area contributed by atoms with Crippen LogP contribution in [0.25, 0.3) is 11.1 Å². The van der Waals surface area contributed by atoms with E-state index < -0.39 is 22.8 Å². The van der Waals surface area contributed by atoms with Crippen LogP contribution < -0.4 is 5.63 Å². The average Bonchev–Trinajstić information content (AvgIpc) is 2.67. The summed E-state index contributed by atoms with van der Waals surface area (Å²) in [6.45, 7) is 9.43. The Morgan fingerprint density at radius 2 is 1.50 bits per heavy atom. The van der Waals surface area contributed by atoms with E-state index in [0.717, 1.165) is 28.8 Å². The van der Waals surface area contributed by atoms with Crippen molar-refractivity contribution in [3.05, 3.63) is 80.9 Å². The predicted octanol–water partition coefficient (Wildman–Crippen LogP) is 7.03. The van der Waals surface area contributed by atoms with E-state index in [0.29, 0.717) is 22.0 Å². The maximum absolute atomic E-state index is 12.9. The van der Waals surface area contributed by atoms with Gasteiger partial charge in [0.2, 0.25) is 0 Å². The maximum Gasteiger partial charge on any atom is 0.416 e. The molecule has 2 aromatic carbocycles. The van der Waals surface area contributed by atoms with Gasteiger partial charge in [-0.15, -0.1) is 11.8 Å². The van der Waals surface area contributed by atoms with E-state index in [1.807, 2.05) is 46.8 Å². The highest BCUT2D eigenvalue weighted by atomic mass is 32.2. The van der Waals surface area contributed by atoms with Crippen LogP contribution in [-0.4, -0.2) is 10.9 Å². The zero-order chi connectivity index (χ0) is 23.8. The van der Waals surface area contributed by atoms with Crippen molar-refractivity contribution in [3.8, 4) is 16.9 Å². The fraction of sp³-hybridized carbons (Fsp3) is 0.320. The van der Waals surface area contributed by atoms with Gasteiger partial charge in [0.25, 0.3) is 0 Å². The quantitative estimate of drug-likeness (QED) is 0.414. The van der Waals surface area contributed by atoms with Crippen LogP contribution in [0.1, 0.15) is 41.9 Å². The topological polar surface area (TPSA) is 50.4 Å². The van der Waals surface area contributed by atoms with E-state index in [1.54, 1.807) is 0 Å². The molecule has 32 heavy (non-hydrogen) atoms. The number of halogens is 3. The van der Waals surface area contributed by atoms with Crippen molar-refractivity contribution in [1.82, 2.24) is 0 Å². The highest BCUT2D eigenvalue weighted by Crippen LogP contribution is 2.37. The van der Waals surface area contributed by atoms with Gasteiger partial charge in [-0.05, 0) is 61.7 Å². The molecule has 3 aromatic rings. The average molecular weight is 463 g/mol. The third-order valence-electron chi connectivity index (χ3n) is 5.31. The Labute approximate surface area is 189 Å². The number of hydrogen-bond acceptors (Lipinski definition) is 4. The maximum atomic E-state index is 12.9. The normalized spacial score (nSPS) is 12.2. The first kappa shape index (κ1) is 24.0. The minimum absolute atomic E-state index is 0.134. The van der Waals surface area contributed by atoms with Crippen molar-refractivity contribution < 1.29 is 22.7 Å². The predicted molar refractivity (Wildman–Crippen MR) is 121 cm³/mol. The van der Waals surface area contributed by atoms with Gasteiger partial charge in [0, 0.05) is 22.1 Å². The molecule has 1 heterocycles. The van der Waals surface area contributed by atoms with Gasteiger partial charge in [0.05, 0.1) is 5.56 Å². The van der Waals surface area contributed by atoms with Crippen LogP contribution in [0.3, 0.4) is 0 Å². The second-order valence-electron chi connectivity index (χ2n) is 8.63. The third-order valence-corrected chi connectivity index (χ3v) is 6.78. The van der Waals surface area contributed by atoms with Gasteiger partial charge >= 0.3 is 11.8 Å². The summed E-state index contributed by atoms with van der Waals surface area (Å²) in [4.78, 5) is 13.5. The Kier molecular flexibility index (Phi) is 6.52. The largest absolute Gasteiger partial charge is 0.507 e. The number of alkyl halides is 3. The molecule has 3 nitrogen and oxygen atoms in total. The number of hydrogen-bond donors (Lipinski definition) is 1. The van der Waals surface area contributed by atoms with Gasteiger partial charge in [-0.2, -0.15) is 13.2 Å². The molecular weight excluding hydrogens is 437 g/mol. The Morgan fingerprint density at radius 1 is 0.938 bits per heavy atom. The lowest BCUT2D eigenvalue weighted by atomic mass is 9.90. The molecule has 1 aromatic heterocycles. The summed E-state index contributed by atoms with van der Waals surface area (Å²) in [5.41, 5.74) is 1.62. The SMILES string of the molecule is Cc1cc(C)c(-c2c(O)cc(C(C)(C)CSc3ccc(C(F)(F)F)cc3)oc2=O)c(C)c1. The molecule has 170 valence electrons. The number of benzene rings is 2. The van der Waals surface area contributed by atoms with E-state index in [2.05, 4.69) is 0 Å². The highest BCUT2D eigenvalue weighted by molar-refractivity contribution is 7.99. The number of thioether (sulfide) groups is 1. The Morgan fingerprint density at radius 3 is 2.00 bits per heavy atom. The van der Waals surface area contributed by atoms with Gasteiger partial charge in [-0.1, -0.05) is 31.5 Å². The molecular formula is C25H25F3O3S. The molecule has 0 amide bonds. The van der Waals surface area contributed by atoms with Crippen molar-refractivity contribution >= 4 is 11.8 Å². The first-order chi connectivity index (χ1) is 14.8. The van der Waals surface area contributed by atoms with Gasteiger partial charge in [-0.25, -0.2) is 4.79 Å². The standard InChI is InChI=1S/C25H25F3O3S/c1-14-10-15(2)21(16(3)11-14)22-19(29)12-20(31-23(22)30)24(4,5)13-32-18-8-6-17(7-9-18)25(26,27)28/h6-12,29H,13H2,1-5H3. The second-order valence-corrected chi connectivity index (χ2v) is 9.68. The minimum atomic E-state index is -4.38. The van der Waals surface area contributed by atoms with Crippen LogP contribution >= 0.6 is 11.8 Å². The fourth-order valence-corrected chi connectivity index (χ4v) is 4.69. The van der Waals surface area contributed by atoms with Crippen LogP contribution in [0.5, 0.6) is 5.75 Å². The molecule has 0 unspecified atom stereocenters. The second kappa shape index (κ2) is 8.70. The van der Waals surface area contributed by atoms with Gasteiger partial charge in [-0.3, -0.25) is 0 Å². The first-order valence-electron chi connectivity index (χ1n) is 10.1. The molecule has 0 aliphatic heterocycles. The van der Waals surface area contributed by atoms with Crippen LogP contribution in [0.15, 0.2) is 56.6 Å². The smallest absolute Gasteiger partial charge is 0.416 e. The van der Waals surface area contributed by atoms with Crippen molar-refractivity contribution in [2.24, 2.45) is 0 Å². The van der Waals surface area contributed by atoms with E-state index in [4.69, 9.17) is 4.42 Å². The third kappa shape index (κ3) is 5.04. The first-order valence-corrected chi connectivity index (χ1v) is 11.0. The molecule has 0 fully saturated rings. The van der Waals surface area contributed by atoms with E-state index in [9.17, 15) is 23.1 Å². The fourth-order valence-electron chi connectivity index (χ4n) is 3.69. The van der Waals surface area contributed by atoms with E-state index in [-0.39, 0.29) is 11.3 Å². The van der Waals surface area contributed by atoms with E-state index in [1.165, 1.54) is 30.0 Å². The molecule has 0 saturated heterocycles. The highest BCUT2D eigenvalue weighted by Gasteiger charge is 2.31. The summed E-state index contributed by atoms with van der Waals surface area (Å²) >= 11 is 1.35. The summed E-state index contributed by atoms with van der Waals surface area (Å²) in [6.07, 6.45) is -4.38. The van der Waals surface area contributed by atoms with Crippen LogP contribution in [-0.2, 0) is 11.6 Å². The van der Waals surface area contributed by atoms with Gasteiger partial charge < -0.3 is 9.52 Å². The van der Waals surface area contributed by atoms with Crippen LogP contribution in [0, 0.1) is 20.8 Å². The number of rotatable bonds is 5. The lowest BCUT2D eigenvalue weighted by molar-refractivity contribution is -0.137. The molecule has 3 rings (SSSR count). The van der Waals surface area contributed by atoms with Crippen molar-refractivity contribution in [1.29, 1.82) is 0 Å². The molecule has 1 N–H and O–H groups in total. The molecule has 0 aliphatic rings. The minimum Gasteiger partial charge on any atom is -0.507 e. The molecule has 0 atom stereocenters. The summed E-state index contributed by atoms with van der Waals surface area (Å²) < 4.78 is 43.9. The van der Waals surface area contributed by atoms with Crippen molar-refractivity contribution in [3.63, 3.8) is 0 Å². The monoisotopic (exact) mass is 462 g/mol. The molecule has 0 radical (unpaired) electrons. The Hall–Kier alpha value is -2.67. The Balaban J connectivity index is 1.87. The van der Waals surface area contributed by atoms with Gasteiger partial charge in [0.1, 0.15) is 17.1 Å². The number of aryl methyl sites for hydroxylation is 3. The molecule has 0 saturated carbocycles. The molecule has 0 bridgehead atoms. The van der Waals surface area contributed by atoms with Crippen LogP contribution in [0.2, 0.25) is 0 Å². The Bertz CT molecular complexity index is 1170. The van der Waals surface area contributed by atoms with Crippen molar-refractivity contribution in [2.75, 3.05) is 5.75 Å². The van der Waals surface area contributed by atoms with Crippen LogP contribution in [0.4, 0.5) is 13.2 Å². The summed E-state index contributed by atoms with van der Waals surface area (Å²) in [5.74, 6) is 0.590. The number of aromatic hydroxyl groups is 1. The summed E-state index contributed by atoms with van der Waals surface area (Å²) in [6, 6.07) is 10.3. The lowest BCUT2D eigenvalue weighted by Crippen LogP contribution is -2.23. The zero-order valence-electron chi connectivity index (χ0n) is 18.6. The molecule has 0 spiro atoms. The summed E-state index contributed by atoms with van der Waals surface area (Å²) in [5, 5.41) is 10.7. The zero-order valence-corrected chi connectivity index (χ0v) is 19.4. The van der Waals surface area contributed by atoms with Gasteiger partial charge in [0.15, 0.2) is 0 Å². The summed E-state index contributed by atoms with van der Waals surface area (Å²) in [7, 11) is 0. The lowest BCUT2D eigenvalue weighted by Gasteiger charge is -2.23. The molecule has 0 aliphatic carbocycles. The molecule has 7 heteroatoms. The van der Waals surface area contributed by atoms with E-state index >= 15 is 0 Å².